The van der Waals surface area contributed by atoms with E-state index in [0.717, 1.165) is 25.9 Å². The monoisotopic (exact) mass is 268 g/mol. The molecule has 2 aliphatic rings. The smallest absolute Gasteiger partial charge is 0.251 e. The second-order valence-corrected chi connectivity index (χ2v) is 5.88. The predicted molar refractivity (Wildman–Crippen MR) is 76.1 cm³/mol. The van der Waals surface area contributed by atoms with E-state index in [4.69, 9.17) is 4.74 Å². The van der Waals surface area contributed by atoms with Gasteiger partial charge in [0, 0.05) is 26.2 Å². The summed E-state index contributed by atoms with van der Waals surface area (Å²) in [6.07, 6.45) is 7.43. The molecule has 1 atom stereocenters. The van der Waals surface area contributed by atoms with Crippen molar-refractivity contribution in [1.82, 2.24) is 9.80 Å². The molecule has 110 valence electrons. The number of carbonyl (C=O) groups is 1. The first kappa shape index (κ1) is 14.8. The summed E-state index contributed by atoms with van der Waals surface area (Å²) in [4.78, 5) is 16.7. The number of nitrogens with zero attached hydrogens (tertiary/aromatic N) is 2. The highest BCUT2D eigenvalue weighted by atomic mass is 16.5. The van der Waals surface area contributed by atoms with E-state index in [2.05, 4.69) is 4.90 Å². The predicted octanol–water partition coefficient (Wildman–Crippen LogP) is 1.89. The molecule has 0 aromatic heterocycles. The molecule has 0 radical (unpaired) electrons. The molecule has 0 aliphatic carbocycles. The molecule has 0 N–H and O–H groups in total. The maximum Gasteiger partial charge on any atom is 0.251 e. The van der Waals surface area contributed by atoms with E-state index in [-0.39, 0.29) is 12.0 Å². The van der Waals surface area contributed by atoms with Gasteiger partial charge in [0.05, 0.1) is 0 Å². The highest BCUT2D eigenvalue weighted by molar-refractivity contribution is 5.80. The van der Waals surface area contributed by atoms with Crippen LogP contribution >= 0.6 is 0 Å². The highest BCUT2D eigenvalue weighted by Crippen LogP contribution is 2.21. The summed E-state index contributed by atoms with van der Waals surface area (Å²) in [6, 6.07) is 0.694. The van der Waals surface area contributed by atoms with Crippen LogP contribution in [0.3, 0.4) is 0 Å². The van der Waals surface area contributed by atoms with E-state index in [0.29, 0.717) is 6.04 Å². The molecule has 2 fully saturated rings. The second-order valence-electron chi connectivity index (χ2n) is 5.88. The first-order chi connectivity index (χ1) is 9.22. The van der Waals surface area contributed by atoms with Crippen LogP contribution in [0.4, 0.5) is 0 Å². The number of ether oxygens (including phenoxy) is 1. The highest BCUT2D eigenvalue weighted by Gasteiger charge is 2.28. The molecule has 0 aromatic carbocycles. The summed E-state index contributed by atoms with van der Waals surface area (Å²) in [5.41, 5.74) is 0. The Morgan fingerprint density at radius 1 is 1.05 bits per heavy atom. The van der Waals surface area contributed by atoms with Crippen LogP contribution in [-0.2, 0) is 9.53 Å². The van der Waals surface area contributed by atoms with Gasteiger partial charge in [0.1, 0.15) is 6.10 Å². The van der Waals surface area contributed by atoms with Gasteiger partial charge in [-0.3, -0.25) is 4.79 Å². The average Bonchev–Trinajstić information content (AvgIpc) is 2.75. The quantitative estimate of drug-likeness (QED) is 0.783. The minimum absolute atomic E-state index is 0.150. The summed E-state index contributed by atoms with van der Waals surface area (Å²) in [5.74, 6) is 0.150. The van der Waals surface area contributed by atoms with Gasteiger partial charge < -0.3 is 14.5 Å². The van der Waals surface area contributed by atoms with Crippen molar-refractivity contribution >= 4 is 5.91 Å². The molecule has 0 spiro atoms. The average molecular weight is 268 g/mol. The summed E-state index contributed by atoms with van der Waals surface area (Å²) < 4.78 is 5.12. The number of piperidine rings is 1. The molecule has 4 nitrogen and oxygen atoms in total. The largest absolute Gasteiger partial charge is 0.372 e. The van der Waals surface area contributed by atoms with Gasteiger partial charge in [-0.25, -0.2) is 0 Å². The van der Waals surface area contributed by atoms with Gasteiger partial charge in [-0.15, -0.1) is 0 Å². The summed E-state index contributed by atoms with van der Waals surface area (Å²) >= 11 is 0. The van der Waals surface area contributed by atoms with Crippen molar-refractivity contribution in [2.24, 2.45) is 0 Å². The molecular weight excluding hydrogens is 240 g/mol. The van der Waals surface area contributed by atoms with Crippen LogP contribution in [0.25, 0.3) is 0 Å². The molecule has 1 amide bonds. The zero-order chi connectivity index (χ0) is 13.7. The van der Waals surface area contributed by atoms with Gasteiger partial charge in [0.2, 0.25) is 0 Å². The lowest BCUT2D eigenvalue weighted by atomic mass is 10.0. The minimum Gasteiger partial charge on any atom is -0.372 e. The van der Waals surface area contributed by atoms with Crippen molar-refractivity contribution in [2.45, 2.75) is 57.6 Å². The summed E-state index contributed by atoms with van der Waals surface area (Å²) in [7, 11) is 1.60. The topological polar surface area (TPSA) is 32.8 Å². The van der Waals surface area contributed by atoms with Crippen LogP contribution in [0.2, 0.25) is 0 Å². The first-order valence-corrected chi connectivity index (χ1v) is 7.78. The van der Waals surface area contributed by atoms with Gasteiger partial charge in [-0.1, -0.05) is 12.8 Å². The van der Waals surface area contributed by atoms with Crippen molar-refractivity contribution in [1.29, 1.82) is 0 Å². The number of hydrogen-bond donors (Lipinski definition) is 0. The SMILES string of the molecule is CO[C@H](C)C(=O)N1CCC(N2CCCCCC2)CC1. The van der Waals surface area contributed by atoms with Gasteiger partial charge in [-0.05, 0) is 45.7 Å². The number of methoxy groups -OCH3 is 1. The molecule has 0 unspecified atom stereocenters. The minimum atomic E-state index is -0.297. The van der Waals surface area contributed by atoms with Crippen LogP contribution in [0.1, 0.15) is 45.4 Å². The maximum atomic E-state index is 12.1. The standard InChI is InChI=1S/C15H28N2O2/c1-13(19-2)15(18)17-11-7-14(8-12-17)16-9-5-3-4-6-10-16/h13-14H,3-12H2,1-2H3/t13-/m1/s1. The van der Waals surface area contributed by atoms with E-state index in [1.165, 1.54) is 38.8 Å². The third-order valence-corrected chi connectivity index (χ3v) is 4.63. The zero-order valence-corrected chi connectivity index (χ0v) is 12.4. The molecule has 0 bridgehead atoms. The molecule has 19 heavy (non-hydrogen) atoms. The van der Waals surface area contributed by atoms with Gasteiger partial charge in [0.15, 0.2) is 0 Å². The molecule has 2 rings (SSSR count). The lowest BCUT2D eigenvalue weighted by Gasteiger charge is -2.38. The van der Waals surface area contributed by atoms with Crippen LogP contribution in [0, 0.1) is 0 Å². The van der Waals surface area contributed by atoms with Crippen LogP contribution in [0.5, 0.6) is 0 Å². The number of likely N-dealkylation sites (tertiary alicyclic amines) is 2. The normalized spacial score (nSPS) is 25.1. The Kier molecular flexibility index (Phi) is 5.64. The third kappa shape index (κ3) is 3.93. The Morgan fingerprint density at radius 3 is 2.16 bits per heavy atom. The fourth-order valence-electron chi connectivity index (χ4n) is 3.27. The Bertz CT molecular complexity index is 280. The fourth-order valence-corrected chi connectivity index (χ4v) is 3.27. The Morgan fingerprint density at radius 2 is 1.63 bits per heavy atom. The Hall–Kier alpha value is -0.610. The zero-order valence-electron chi connectivity index (χ0n) is 12.4. The molecule has 2 aliphatic heterocycles. The lowest BCUT2D eigenvalue weighted by Crippen LogP contribution is -2.49. The number of amides is 1. The van der Waals surface area contributed by atoms with Crippen molar-refractivity contribution < 1.29 is 9.53 Å². The molecule has 0 aromatic rings. The maximum absolute atomic E-state index is 12.1. The fraction of sp³-hybridized carbons (Fsp3) is 0.933. The van der Waals surface area contributed by atoms with E-state index in [1.54, 1.807) is 7.11 Å². The number of rotatable bonds is 3. The lowest BCUT2D eigenvalue weighted by molar-refractivity contribution is -0.142. The second kappa shape index (κ2) is 7.25. The number of carbonyl (C=O) groups excluding carboxylic acids is 1. The van der Waals surface area contributed by atoms with Gasteiger partial charge in [-0.2, -0.15) is 0 Å². The number of hydrogen-bond acceptors (Lipinski definition) is 3. The van der Waals surface area contributed by atoms with Crippen molar-refractivity contribution in [3.05, 3.63) is 0 Å². The van der Waals surface area contributed by atoms with Crippen LogP contribution in [0.15, 0.2) is 0 Å². The van der Waals surface area contributed by atoms with E-state index >= 15 is 0 Å². The summed E-state index contributed by atoms with van der Waals surface area (Å²) in [6.45, 7) is 6.14. The molecule has 2 heterocycles. The molecule has 0 saturated carbocycles. The van der Waals surface area contributed by atoms with Crippen molar-refractivity contribution in [3.63, 3.8) is 0 Å². The van der Waals surface area contributed by atoms with Crippen LogP contribution < -0.4 is 0 Å². The molecule has 2 saturated heterocycles. The Balaban J connectivity index is 1.79. The van der Waals surface area contributed by atoms with Gasteiger partial charge in [0.25, 0.3) is 5.91 Å². The van der Waals surface area contributed by atoms with Crippen molar-refractivity contribution in [3.8, 4) is 0 Å². The first-order valence-electron chi connectivity index (χ1n) is 7.78. The van der Waals surface area contributed by atoms with Gasteiger partial charge >= 0.3 is 0 Å². The summed E-state index contributed by atoms with van der Waals surface area (Å²) in [5, 5.41) is 0. The molecule has 4 heteroatoms. The van der Waals surface area contributed by atoms with Crippen LogP contribution in [-0.4, -0.2) is 61.1 Å². The third-order valence-electron chi connectivity index (χ3n) is 4.63. The van der Waals surface area contributed by atoms with E-state index < -0.39 is 0 Å². The van der Waals surface area contributed by atoms with E-state index in [1.807, 2.05) is 11.8 Å². The Labute approximate surface area is 117 Å². The van der Waals surface area contributed by atoms with Crippen molar-refractivity contribution in [2.75, 3.05) is 33.3 Å². The molecular formula is C15H28N2O2. The van der Waals surface area contributed by atoms with E-state index in [9.17, 15) is 4.79 Å².